The number of carbonyl (C=O) groups is 1. The lowest BCUT2D eigenvalue weighted by Gasteiger charge is -2.34. The van der Waals surface area contributed by atoms with E-state index in [0.717, 1.165) is 23.8 Å². The fourth-order valence-corrected chi connectivity index (χ4v) is 5.55. The van der Waals surface area contributed by atoms with Crippen LogP contribution >= 0.6 is 11.3 Å². The van der Waals surface area contributed by atoms with Gasteiger partial charge in [-0.05, 0) is 24.1 Å². The summed E-state index contributed by atoms with van der Waals surface area (Å²) in [6.07, 6.45) is 3.59. The van der Waals surface area contributed by atoms with Gasteiger partial charge in [0.05, 0.1) is 23.3 Å². The maximum absolute atomic E-state index is 13.3. The molecule has 0 bridgehead atoms. The van der Waals surface area contributed by atoms with Crippen molar-refractivity contribution < 1.29 is 26.4 Å². The van der Waals surface area contributed by atoms with E-state index in [0.29, 0.717) is 43.7 Å². The second kappa shape index (κ2) is 9.36. The predicted octanol–water partition coefficient (Wildman–Crippen LogP) is 1.95. The molecule has 1 saturated heterocycles. The molecule has 2 heterocycles. The highest BCUT2D eigenvalue weighted by atomic mass is 32.2. The molecule has 0 saturated carbocycles. The molecule has 0 aliphatic carbocycles. The van der Waals surface area contributed by atoms with Crippen molar-refractivity contribution in [1.82, 2.24) is 9.88 Å². The van der Waals surface area contributed by atoms with E-state index in [1.54, 1.807) is 4.90 Å². The summed E-state index contributed by atoms with van der Waals surface area (Å²) in [4.78, 5) is 21.1. The summed E-state index contributed by atoms with van der Waals surface area (Å²) in [5.74, 6) is 0.298. The first kappa shape index (κ1) is 24.5. The number of hydrogen-bond donors (Lipinski definition) is 0. The zero-order valence-electron chi connectivity index (χ0n) is 18.4. The molecule has 0 atom stereocenters. The highest BCUT2D eigenvalue weighted by Crippen LogP contribution is 2.28. The number of carbonyl (C=O) groups excluding carboxylic acids is 1. The van der Waals surface area contributed by atoms with E-state index in [9.17, 15) is 21.6 Å². The zero-order chi connectivity index (χ0) is 23.7. The molecule has 176 valence electrons. The molecule has 1 aliphatic rings. The molecule has 0 N–H and O–H groups in total. The van der Waals surface area contributed by atoms with Gasteiger partial charge in [-0.1, -0.05) is 25.2 Å². The molecule has 1 fully saturated rings. The summed E-state index contributed by atoms with van der Waals surface area (Å²) in [6, 6.07) is 4.35. The Balaban J connectivity index is 1.78. The Morgan fingerprint density at radius 1 is 1.09 bits per heavy atom. The molecule has 1 amide bonds. The van der Waals surface area contributed by atoms with Gasteiger partial charge in [0.15, 0.2) is 24.8 Å². The molecular weight excluding hydrogens is 474 g/mol. The first-order valence-corrected chi connectivity index (χ1v) is 14.6. The van der Waals surface area contributed by atoms with E-state index in [2.05, 4.69) is 4.98 Å². The van der Waals surface area contributed by atoms with Gasteiger partial charge in [0.2, 0.25) is 0 Å². The monoisotopic (exact) mass is 501 g/mol. The maximum atomic E-state index is 13.3. The first-order valence-electron chi connectivity index (χ1n) is 10.0. The summed E-state index contributed by atoms with van der Waals surface area (Å²) < 4.78 is 53.4. The van der Waals surface area contributed by atoms with Crippen molar-refractivity contribution in [2.24, 2.45) is 5.92 Å². The molecule has 0 spiro atoms. The fourth-order valence-electron chi connectivity index (χ4n) is 3.13. The third-order valence-electron chi connectivity index (χ3n) is 4.86. The summed E-state index contributed by atoms with van der Waals surface area (Å²) in [7, 11) is -6.79. The molecule has 32 heavy (non-hydrogen) atoms. The molecule has 1 aliphatic heterocycles. The molecule has 1 aromatic carbocycles. The lowest BCUT2D eigenvalue weighted by Crippen LogP contribution is -2.48. The molecule has 12 heteroatoms. The molecule has 1 aromatic heterocycles. The Bertz CT molecular complexity index is 1200. The van der Waals surface area contributed by atoms with Gasteiger partial charge in [-0.15, -0.1) is 0 Å². The van der Waals surface area contributed by atoms with Crippen molar-refractivity contribution in [3.8, 4) is 5.75 Å². The zero-order valence-corrected chi connectivity index (χ0v) is 20.9. The number of rotatable bonds is 7. The summed E-state index contributed by atoms with van der Waals surface area (Å²) in [5.41, 5.74) is 0.218. The van der Waals surface area contributed by atoms with Crippen molar-refractivity contribution >= 4 is 42.1 Å². The number of hydrogen-bond acceptors (Lipinski definition) is 9. The van der Waals surface area contributed by atoms with Crippen molar-refractivity contribution in [3.05, 3.63) is 30.0 Å². The first-order chi connectivity index (χ1) is 14.9. The van der Waals surface area contributed by atoms with E-state index >= 15 is 0 Å². The van der Waals surface area contributed by atoms with Crippen LogP contribution in [0.2, 0.25) is 0 Å². The number of thiazole rings is 1. The summed E-state index contributed by atoms with van der Waals surface area (Å²) in [5, 5.41) is 0.595. The van der Waals surface area contributed by atoms with Crippen LogP contribution in [-0.2, 0) is 19.7 Å². The number of piperazine rings is 1. The van der Waals surface area contributed by atoms with Gasteiger partial charge in [0.1, 0.15) is 9.96 Å². The Hall–Kier alpha value is -2.18. The van der Waals surface area contributed by atoms with E-state index in [-0.39, 0.29) is 26.5 Å². The number of sulfone groups is 2. The fraction of sp³-hybridized carbons (Fsp3) is 0.500. The van der Waals surface area contributed by atoms with Gasteiger partial charge in [-0.3, -0.25) is 4.79 Å². The van der Waals surface area contributed by atoms with Crippen LogP contribution in [0, 0.1) is 5.92 Å². The lowest BCUT2D eigenvalue weighted by molar-refractivity contribution is 0.0741. The Labute approximate surface area is 192 Å². The van der Waals surface area contributed by atoms with Crippen molar-refractivity contribution in [1.29, 1.82) is 0 Å². The van der Waals surface area contributed by atoms with Crippen LogP contribution in [0.1, 0.15) is 24.2 Å². The van der Waals surface area contributed by atoms with E-state index in [1.165, 1.54) is 24.4 Å². The topological polar surface area (TPSA) is 114 Å². The third kappa shape index (κ3) is 5.78. The predicted molar refractivity (Wildman–Crippen MR) is 123 cm³/mol. The van der Waals surface area contributed by atoms with Crippen LogP contribution in [0.4, 0.5) is 5.13 Å². The quantitative estimate of drug-likeness (QED) is 0.566. The number of anilines is 1. The Kier molecular flexibility index (Phi) is 7.15. The number of nitrogens with zero attached hydrogens (tertiary/aromatic N) is 3. The lowest BCUT2D eigenvalue weighted by atomic mass is 10.1. The molecule has 2 aromatic rings. The van der Waals surface area contributed by atoms with E-state index in [4.69, 9.17) is 4.74 Å². The van der Waals surface area contributed by atoms with Crippen molar-refractivity contribution in [2.45, 2.75) is 23.0 Å². The minimum absolute atomic E-state index is 0.0625. The summed E-state index contributed by atoms with van der Waals surface area (Å²) >= 11 is 1.11. The molecule has 3 rings (SSSR count). The average molecular weight is 502 g/mol. The van der Waals surface area contributed by atoms with Crippen LogP contribution in [-0.4, -0.2) is 77.9 Å². The Morgan fingerprint density at radius 3 is 2.28 bits per heavy atom. The maximum Gasteiger partial charge on any atom is 0.257 e. The van der Waals surface area contributed by atoms with E-state index < -0.39 is 19.7 Å². The molecule has 0 radical (unpaired) electrons. The SMILES string of the molecule is CC(C)COc1ccc(S(C)(=O)=O)cc1C(=O)N1CCN(c2ncc(S(C)(=O)=O)s2)CC1. The van der Waals surface area contributed by atoms with E-state index in [1.807, 2.05) is 18.7 Å². The van der Waals surface area contributed by atoms with Gasteiger partial charge in [0.25, 0.3) is 5.91 Å². The smallest absolute Gasteiger partial charge is 0.257 e. The number of benzene rings is 1. The number of aromatic nitrogens is 1. The second-order valence-electron chi connectivity index (χ2n) is 8.15. The van der Waals surface area contributed by atoms with Crippen LogP contribution in [0.5, 0.6) is 5.75 Å². The van der Waals surface area contributed by atoms with Gasteiger partial charge >= 0.3 is 0 Å². The molecule has 0 unspecified atom stereocenters. The minimum atomic E-state index is -3.48. The Morgan fingerprint density at radius 2 is 1.75 bits per heavy atom. The van der Waals surface area contributed by atoms with Gasteiger partial charge in [0, 0.05) is 38.7 Å². The van der Waals surface area contributed by atoms with Crippen molar-refractivity contribution in [2.75, 3.05) is 50.2 Å². The molecule has 9 nitrogen and oxygen atoms in total. The van der Waals surface area contributed by atoms with Gasteiger partial charge in [-0.25, -0.2) is 21.8 Å². The van der Waals surface area contributed by atoms with Gasteiger partial charge < -0.3 is 14.5 Å². The van der Waals surface area contributed by atoms with Crippen molar-refractivity contribution in [3.63, 3.8) is 0 Å². The highest BCUT2D eigenvalue weighted by Gasteiger charge is 2.27. The van der Waals surface area contributed by atoms with Crippen LogP contribution < -0.4 is 9.64 Å². The average Bonchev–Trinajstić information content (AvgIpc) is 3.22. The van der Waals surface area contributed by atoms with Crippen LogP contribution in [0.3, 0.4) is 0 Å². The molecular formula is C20H27N3O6S3. The number of amides is 1. The standard InChI is InChI=1S/C20H27N3O6S3/c1-14(2)13-29-17-6-5-15(31(3,25)26)11-16(17)19(24)22-7-9-23(10-8-22)20-21-12-18(30-20)32(4,27)28/h5-6,11-12,14H,7-10,13H2,1-4H3. The third-order valence-corrected chi connectivity index (χ3v) is 8.81. The van der Waals surface area contributed by atoms with Crippen LogP contribution in [0.25, 0.3) is 0 Å². The van der Waals surface area contributed by atoms with Gasteiger partial charge in [-0.2, -0.15) is 0 Å². The highest BCUT2D eigenvalue weighted by molar-refractivity contribution is 7.92. The summed E-state index contributed by atoms with van der Waals surface area (Å²) in [6.45, 7) is 6.11. The minimum Gasteiger partial charge on any atom is -0.492 e. The second-order valence-corrected chi connectivity index (χ2v) is 13.4. The number of ether oxygens (including phenoxy) is 1. The largest absolute Gasteiger partial charge is 0.492 e. The van der Waals surface area contributed by atoms with Crippen LogP contribution in [0.15, 0.2) is 33.5 Å². The normalized spacial score (nSPS) is 15.3.